The third-order valence-corrected chi connectivity index (χ3v) is 14.5. The molecule has 2 aromatic rings. The van der Waals surface area contributed by atoms with E-state index in [1.54, 1.807) is 6.92 Å². The van der Waals surface area contributed by atoms with Gasteiger partial charge in [-0.2, -0.15) is 0 Å². The maximum atomic E-state index is 11.2. The van der Waals surface area contributed by atoms with Crippen molar-refractivity contribution >= 4 is 11.9 Å². The fourth-order valence-corrected chi connectivity index (χ4v) is 11.7. The van der Waals surface area contributed by atoms with E-state index in [1.165, 1.54) is 67.2 Å². The normalized spacial score (nSPS) is 35.1. The van der Waals surface area contributed by atoms with Gasteiger partial charge in [-0.05, 0) is 102 Å². The van der Waals surface area contributed by atoms with E-state index in [0.717, 1.165) is 51.2 Å². The smallest absolute Gasteiger partial charge is 0.308 e. The van der Waals surface area contributed by atoms with E-state index in [-0.39, 0.29) is 17.9 Å². The van der Waals surface area contributed by atoms with E-state index in [1.807, 2.05) is 4.90 Å². The lowest BCUT2D eigenvalue weighted by atomic mass is 9.89. The van der Waals surface area contributed by atoms with Crippen molar-refractivity contribution in [3.63, 3.8) is 0 Å². The van der Waals surface area contributed by atoms with Gasteiger partial charge in [-0.1, -0.05) is 72.5 Å². The van der Waals surface area contributed by atoms with Gasteiger partial charge in [0.15, 0.2) is 0 Å². The van der Waals surface area contributed by atoms with Crippen LogP contribution in [-0.4, -0.2) is 103 Å². The van der Waals surface area contributed by atoms with E-state index in [2.05, 4.69) is 94.5 Å². The number of amides is 1. The molecule has 12 unspecified atom stereocenters. The number of nitrogens with one attached hydrogen (secondary N) is 1. The number of fused-ring (bicyclic) bond motifs is 8. The van der Waals surface area contributed by atoms with Gasteiger partial charge in [-0.3, -0.25) is 19.4 Å². The summed E-state index contributed by atoms with van der Waals surface area (Å²) < 4.78 is 0. The van der Waals surface area contributed by atoms with E-state index in [4.69, 9.17) is 29.4 Å². The van der Waals surface area contributed by atoms with Crippen LogP contribution in [0.25, 0.3) is 0 Å². The number of hydrogen-bond acceptors (Lipinski definition) is 8. The molecule has 6 N–H and O–H groups in total. The Hall–Kier alpha value is -4.06. The topological polar surface area (TPSA) is 131 Å². The number of hydrogen-bond donors (Lipinski definition) is 4. The zero-order valence-corrected chi connectivity index (χ0v) is 34.3. The summed E-state index contributed by atoms with van der Waals surface area (Å²) in [5.41, 5.74) is 17.5. The highest BCUT2D eigenvalue weighted by Gasteiger charge is 2.49. The van der Waals surface area contributed by atoms with Crippen molar-refractivity contribution in [2.24, 2.45) is 17.4 Å². The number of carbonyl (C=O) groups is 2. The molecule has 8 aliphatic rings. The second-order valence-electron chi connectivity index (χ2n) is 18.1. The summed E-state index contributed by atoms with van der Waals surface area (Å²) in [4.78, 5) is 31.2. The third kappa shape index (κ3) is 9.00. The molecule has 57 heavy (non-hydrogen) atoms. The molecule has 8 heterocycles. The molecule has 0 aromatic heterocycles. The number of carboxylic acid groups (broad SMARTS) is 1. The number of carbonyl (C=O) groups excluding carboxylic acids is 1. The zero-order chi connectivity index (χ0) is 40.4. The molecule has 8 fully saturated rings. The summed E-state index contributed by atoms with van der Waals surface area (Å²) >= 11 is 0. The summed E-state index contributed by atoms with van der Waals surface area (Å²) in [5, 5.41) is 12.0. The van der Waals surface area contributed by atoms with E-state index in [0.29, 0.717) is 54.4 Å². The fourth-order valence-electron chi connectivity index (χ4n) is 11.7. The molecule has 8 saturated heterocycles. The number of nitrogens with zero attached hydrogens (tertiary/aromatic N) is 4. The Kier molecular flexibility index (Phi) is 12.9. The summed E-state index contributed by atoms with van der Waals surface area (Å²) in [6, 6.07) is 28.2. The Bertz CT molecular complexity index is 1790. The number of carboxylic acids is 1. The molecule has 306 valence electrons. The highest BCUT2D eigenvalue weighted by Crippen LogP contribution is 2.42. The van der Waals surface area contributed by atoms with Crippen molar-refractivity contribution in [3.05, 3.63) is 70.8 Å². The molecule has 8 bridgehead atoms. The maximum absolute atomic E-state index is 11.2. The highest BCUT2D eigenvalue weighted by atomic mass is 16.4. The largest absolute Gasteiger partial charge is 0.481 e. The van der Waals surface area contributed by atoms with Crippen LogP contribution in [0.3, 0.4) is 0 Å². The fraction of sp³-hybridized carbons (Fsp3) is 0.617. The van der Waals surface area contributed by atoms with Crippen LogP contribution in [0, 0.1) is 44.7 Å². The molecular formula is C47H65N7O3. The Morgan fingerprint density at radius 3 is 1.49 bits per heavy atom. The SMILES string of the molecule is C#CN1C2CCC1C(C(=O)O)C2.C#CN1C2CCC1C(N)C2.CC(=O)NC1CC2CCC1N2Cc1ccc(C)cc1.Cc1ccc(CN2C3CCC2C(N)C3)cc1. The number of rotatable bonds is 6. The minimum Gasteiger partial charge on any atom is -0.481 e. The second-order valence-corrected chi connectivity index (χ2v) is 18.1. The first-order chi connectivity index (χ1) is 27.4. The number of aryl methyl sites for hydroxylation is 2. The van der Waals surface area contributed by atoms with Gasteiger partial charge >= 0.3 is 5.97 Å². The summed E-state index contributed by atoms with van der Waals surface area (Å²) in [6.45, 7) is 7.99. The van der Waals surface area contributed by atoms with E-state index < -0.39 is 5.97 Å². The van der Waals surface area contributed by atoms with Crippen molar-refractivity contribution in [2.75, 3.05) is 0 Å². The quantitative estimate of drug-likeness (QED) is 0.301. The van der Waals surface area contributed by atoms with Crippen LogP contribution in [-0.2, 0) is 22.7 Å². The zero-order valence-electron chi connectivity index (χ0n) is 34.3. The van der Waals surface area contributed by atoms with Gasteiger partial charge in [0.25, 0.3) is 0 Å². The summed E-state index contributed by atoms with van der Waals surface area (Å²) in [6.07, 6.45) is 24.4. The molecule has 0 aliphatic carbocycles. The molecule has 0 spiro atoms. The number of aliphatic carboxylic acids is 1. The molecule has 10 heteroatoms. The maximum Gasteiger partial charge on any atom is 0.308 e. The van der Waals surface area contributed by atoms with E-state index in [9.17, 15) is 9.59 Å². The predicted octanol–water partition coefficient (Wildman–Crippen LogP) is 4.95. The van der Waals surface area contributed by atoms with Gasteiger partial charge in [0.1, 0.15) is 0 Å². The van der Waals surface area contributed by atoms with Gasteiger partial charge in [-0.15, -0.1) is 0 Å². The Balaban J connectivity index is 0.000000119. The van der Waals surface area contributed by atoms with Crippen molar-refractivity contribution < 1.29 is 14.7 Å². The Morgan fingerprint density at radius 2 is 1.09 bits per heavy atom. The van der Waals surface area contributed by atoms with Gasteiger partial charge in [-0.25, -0.2) is 0 Å². The molecule has 10 rings (SSSR count). The standard InChI is InChI=1S/C16H22N2O.C14H20N2.C9H11NO2.C8H12N2/c1-11-3-5-13(6-4-11)10-18-14-7-8-16(18)15(9-14)17-12(2)19;1-10-2-4-11(5-3-10)9-16-12-6-7-14(16)13(15)8-12;1-2-10-6-3-4-8(10)7(5-6)9(11)12;1-2-10-6-3-4-8(10)7(9)5-6/h3-6,14-16H,7-10H2,1-2H3,(H,17,19);2-5,12-14H,6-9,15H2,1H3;1,6-8H,3-5H2,(H,11,12);1,6-8H,3-5,9H2. The van der Waals surface area contributed by atoms with Crippen LogP contribution in [0.5, 0.6) is 0 Å². The number of benzene rings is 2. The van der Waals surface area contributed by atoms with Gasteiger partial charge < -0.3 is 31.7 Å². The molecular weight excluding hydrogens is 711 g/mol. The third-order valence-electron chi connectivity index (χ3n) is 14.5. The molecule has 1 amide bonds. The van der Waals surface area contributed by atoms with Crippen LogP contribution in [0.2, 0.25) is 0 Å². The molecule has 8 aliphatic heterocycles. The minimum atomic E-state index is -0.692. The monoisotopic (exact) mass is 776 g/mol. The van der Waals surface area contributed by atoms with E-state index >= 15 is 0 Å². The van der Waals surface area contributed by atoms with Crippen LogP contribution in [0.15, 0.2) is 48.5 Å². The molecule has 2 aromatic carbocycles. The Labute approximate surface area is 341 Å². The first-order valence-electron chi connectivity index (χ1n) is 21.6. The highest BCUT2D eigenvalue weighted by molar-refractivity contribution is 5.73. The summed E-state index contributed by atoms with van der Waals surface area (Å²) in [7, 11) is 0. The average molecular weight is 776 g/mol. The van der Waals surface area contributed by atoms with Crippen LogP contribution >= 0.6 is 0 Å². The van der Waals surface area contributed by atoms with Crippen molar-refractivity contribution in [2.45, 2.75) is 177 Å². The molecule has 0 saturated carbocycles. The number of nitrogens with two attached hydrogens (primary N) is 2. The van der Waals surface area contributed by atoms with Crippen LogP contribution < -0.4 is 16.8 Å². The predicted molar refractivity (Wildman–Crippen MR) is 225 cm³/mol. The van der Waals surface area contributed by atoms with Gasteiger partial charge in [0.05, 0.1) is 18.0 Å². The lowest BCUT2D eigenvalue weighted by Gasteiger charge is -2.24. The minimum absolute atomic E-state index is 0.104. The lowest BCUT2D eigenvalue weighted by molar-refractivity contribution is -0.142. The van der Waals surface area contributed by atoms with Gasteiger partial charge in [0.2, 0.25) is 5.91 Å². The van der Waals surface area contributed by atoms with Crippen molar-refractivity contribution in [3.8, 4) is 24.9 Å². The Morgan fingerprint density at radius 1 is 0.649 bits per heavy atom. The van der Waals surface area contributed by atoms with Crippen molar-refractivity contribution in [1.82, 2.24) is 24.9 Å². The lowest BCUT2D eigenvalue weighted by Crippen LogP contribution is -2.42. The van der Waals surface area contributed by atoms with Crippen LogP contribution in [0.1, 0.15) is 106 Å². The summed E-state index contributed by atoms with van der Waals surface area (Å²) in [5.74, 6) is -0.810. The second kappa shape index (κ2) is 17.8. The molecule has 12 atom stereocenters. The molecule has 0 radical (unpaired) electrons. The van der Waals surface area contributed by atoms with Gasteiger partial charge in [0, 0.05) is 86.5 Å². The first kappa shape index (κ1) is 41.1. The first-order valence-corrected chi connectivity index (χ1v) is 21.6. The van der Waals surface area contributed by atoms with Crippen molar-refractivity contribution in [1.29, 1.82) is 0 Å². The number of terminal acetylenes is 2. The van der Waals surface area contributed by atoms with Crippen LogP contribution in [0.4, 0.5) is 0 Å². The average Bonchev–Trinajstić information content (AvgIpc) is 4.09. The molecule has 10 nitrogen and oxygen atoms in total.